The number of nitrogens with one attached hydrogen (secondary N) is 3. The lowest BCUT2D eigenvalue weighted by atomic mass is 10.2. The van der Waals surface area contributed by atoms with Crippen LogP contribution < -0.4 is 20.9 Å². The zero-order valence-electron chi connectivity index (χ0n) is 15.3. The van der Waals surface area contributed by atoms with Gasteiger partial charge in [0.1, 0.15) is 5.82 Å². The van der Waals surface area contributed by atoms with Crippen LogP contribution in [-0.2, 0) is 0 Å². The first-order valence-corrected chi connectivity index (χ1v) is 8.67. The van der Waals surface area contributed by atoms with E-state index in [0.29, 0.717) is 5.82 Å². The average Bonchev–Trinajstić information content (AvgIpc) is 2.58. The van der Waals surface area contributed by atoms with Crippen molar-refractivity contribution < 1.29 is 4.79 Å². The Kier molecular flexibility index (Phi) is 6.62. The van der Waals surface area contributed by atoms with Gasteiger partial charge in [0.2, 0.25) is 0 Å². The van der Waals surface area contributed by atoms with Crippen molar-refractivity contribution in [3.8, 4) is 0 Å². The quantitative estimate of drug-likeness (QED) is 0.706. The van der Waals surface area contributed by atoms with E-state index < -0.39 is 0 Å². The van der Waals surface area contributed by atoms with Gasteiger partial charge in [-0.3, -0.25) is 5.32 Å². The number of rotatable bonds is 7. The molecule has 0 aliphatic heterocycles. The van der Waals surface area contributed by atoms with E-state index in [1.54, 1.807) is 12.3 Å². The van der Waals surface area contributed by atoms with Crippen LogP contribution >= 0.6 is 0 Å². The van der Waals surface area contributed by atoms with Gasteiger partial charge >= 0.3 is 6.03 Å². The molecule has 0 saturated carbocycles. The molecule has 2 rings (SSSR count). The zero-order chi connectivity index (χ0) is 18.2. The summed E-state index contributed by atoms with van der Waals surface area (Å²) in [6.07, 6.45) is 1.70. The van der Waals surface area contributed by atoms with Gasteiger partial charge in [0, 0.05) is 30.5 Å². The van der Waals surface area contributed by atoms with Crippen molar-refractivity contribution >= 4 is 28.9 Å². The first-order chi connectivity index (χ1) is 12.0. The van der Waals surface area contributed by atoms with Crippen molar-refractivity contribution in [2.24, 2.45) is 0 Å². The summed E-state index contributed by atoms with van der Waals surface area (Å²) >= 11 is 0. The van der Waals surface area contributed by atoms with E-state index in [9.17, 15) is 4.79 Å². The molecule has 0 aliphatic rings. The largest absolute Gasteiger partial charge is 0.372 e. The van der Waals surface area contributed by atoms with Crippen LogP contribution in [-0.4, -0.2) is 30.1 Å². The van der Waals surface area contributed by atoms with E-state index >= 15 is 0 Å². The number of hydrogen-bond acceptors (Lipinski definition) is 4. The standard InChI is InChI=1S/C19H27N5O/c1-5-24(6-2)17-10-7-15(8-11-17)22-16-9-12-18(20-13-16)23-19(25)21-14(3)4/h7-14,22H,5-6H2,1-4H3,(H2,20,21,23,25). The third-order valence-electron chi connectivity index (χ3n) is 3.71. The molecule has 2 amide bonds. The predicted molar refractivity (Wildman–Crippen MR) is 105 cm³/mol. The molecule has 0 saturated heterocycles. The van der Waals surface area contributed by atoms with Crippen LogP contribution in [0.3, 0.4) is 0 Å². The van der Waals surface area contributed by atoms with Gasteiger partial charge in [-0.05, 0) is 64.1 Å². The molecule has 0 spiro atoms. The van der Waals surface area contributed by atoms with Crippen molar-refractivity contribution in [3.63, 3.8) is 0 Å². The lowest BCUT2D eigenvalue weighted by Crippen LogP contribution is -2.34. The van der Waals surface area contributed by atoms with Crippen molar-refractivity contribution in [1.29, 1.82) is 0 Å². The second-order valence-electron chi connectivity index (χ2n) is 6.03. The Labute approximate surface area is 149 Å². The maximum Gasteiger partial charge on any atom is 0.320 e. The maximum absolute atomic E-state index is 11.7. The Morgan fingerprint density at radius 2 is 1.68 bits per heavy atom. The number of nitrogens with zero attached hydrogens (tertiary/aromatic N) is 2. The summed E-state index contributed by atoms with van der Waals surface area (Å²) in [5.74, 6) is 0.514. The summed E-state index contributed by atoms with van der Waals surface area (Å²) in [7, 11) is 0. The van der Waals surface area contributed by atoms with Crippen LogP contribution in [0.1, 0.15) is 27.7 Å². The van der Waals surface area contributed by atoms with E-state index in [1.807, 2.05) is 19.9 Å². The van der Waals surface area contributed by atoms with Gasteiger partial charge in [0.05, 0.1) is 11.9 Å². The van der Waals surface area contributed by atoms with E-state index in [1.165, 1.54) is 5.69 Å². The van der Waals surface area contributed by atoms with E-state index in [0.717, 1.165) is 24.5 Å². The first-order valence-electron chi connectivity index (χ1n) is 8.67. The molecule has 0 atom stereocenters. The molecule has 134 valence electrons. The Balaban J connectivity index is 1.95. The number of hydrogen-bond donors (Lipinski definition) is 3. The summed E-state index contributed by atoms with van der Waals surface area (Å²) in [6.45, 7) is 10.1. The molecule has 2 aromatic rings. The number of carbonyl (C=O) groups excluding carboxylic acids is 1. The summed E-state index contributed by atoms with van der Waals surface area (Å²) in [5.41, 5.74) is 3.07. The van der Waals surface area contributed by atoms with Crippen molar-refractivity contribution in [2.45, 2.75) is 33.7 Å². The van der Waals surface area contributed by atoms with Gasteiger partial charge in [0.15, 0.2) is 0 Å². The molecule has 0 aliphatic carbocycles. The lowest BCUT2D eigenvalue weighted by molar-refractivity contribution is 0.250. The normalized spacial score (nSPS) is 10.4. The molecular weight excluding hydrogens is 314 g/mol. The van der Waals surface area contributed by atoms with Crippen LogP contribution in [0, 0.1) is 0 Å². The molecule has 0 bridgehead atoms. The fourth-order valence-electron chi connectivity index (χ4n) is 2.47. The summed E-state index contributed by atoms with van der Waals surface area (Å²) in [5, 5.41) is 8.77. The molecule has 25 heavy (non-hydrogen) atoms. The van der Waals surface area contributed by atoms with E-state index in [4.69, 9.17) is 0 Å². The Morgan fingerprint density at radius 1 is 1.04 bits per heavy atom. The Hall–Kier alpha value is -2.76. The third-order valence-corrected chi connectivity index (χ3v) is 3.71. The predicted octanol–water partition coefficient (Wildman–Crippen LogP) is 4.20. The van der Waals surface area contributed by atoms with Crippen LogP contribution in [0.5, 0.6) is 0 Å². The molecule has 6 nitrogen and oxygen atoms in total. The van der Waals surface area contributed by atoms with Gasteiger partial charge in [-0.25, -0.2) is 9.78 Å². The smallest absolute Gasteiger partial charge is 0.320 e. The average molecular weight is 341 g/mol. The lowest BCUT2D eigenvalue weighted by Gasteiger charge is -2.21. The molecular formula is C19H27N5O. The van der Waals surface area contributed by atoms with Crippen LogP contribution in [0.4, 0.5) is 27.7 Å². The summed E-state index contributed by atoms with van der Waals surface area (Å²) < 4.78 is 0. The van der Waals surface area contributed by atoms with E-state index in [2.05, 4.69) is 63.9 Å². The monoisotopic (exact) mass is 341 g/mol. The highest BCUT2D eigenvalue weighted by atomic mass is 16.2. The van der Waals surface area contributed by atoms with Gasteiger partial charge < -0.3 is 15.5 Å². The van der Waals surface area contributed by atoms with Crippen LogP contribution in [0.2, 0.25) is 0 Å². The zero-order valence-corrected chi connectivity index (χ0v) is 15.3. The highest BCUT2D eigenvalue weighted by Crippen LogP contribution is 2.21. The second kappa shape index (κ2) is 8.92. The van der Waals surface area contributed by atoms with Gasteiger partial charge in [-0.2, -0.15) is 0 Å². The van der Waals surface area contributed by atoms with Crippen LogP contribution in [0.25, 0.3) is 0 Å². The van der Waals surface area contributed by atoms with Crippen molar-refractivity contribution in [2.75, 3.05) is 28.6 Å². The topological polar surface area (TPSA) is 69.3 Å². The highest BCUT2D eigenvalue weighted by Gasteiger charge is 2.05. The van der Waals surface area contributed by atoms with E-state index in [-0.39, 0.29) is 12.1 Å². The molecule has 0 fully saturated rings. The minimum absolute atomic E-state index is 0.0836. The molecule has 3 N–H and O–H groups in total. The second-order valence-corrected chi connectivity index (χ2v) is 6.03. The molecule has 0 radical (unpaired) electrons. The minimum atomic E-state index is -0.254. The number of benzene rings is 1. The number of carbonyl (C=O) groups is 1. The third kappa shape index (κ3) is 5.67. The number of amides is 2. The molecule has 1 heterocycles. The number of anilines is 4. The van der Waals surface area contributed by atoms with Crippen molar-refractivity contribution in [1.82, 2.24) is 10.3 Å². The van der Waals surface area contributed by atoms with Gasteiger partial charge in [0.25, 0.3) is 0 Å². The fraction of sp³-hybridized carbons (Fsp3) is 0.368. The number of pyridine rings is 1. The molecule has 6 heteroatoms. The maximum atomic E-state index is 11.7. The fourth-order valence-corrected chi connectivity index (χ4v) is 2.47. The Bertz CT molecular complexity index is 663. The highest BCUT2D eigenvalue weighted by molar-refractivity contribution is 5.88. The summed E-state index contributed by atoms with van der Waals surface area (Å²) in [4.78, 5) is 18.2. The SMILES string of the molecule is CCN(CC)c1ccc(Nc2ccc(NC(=O)NC(C)C)nc2)cc1. The van der Waals surface area contributed by atoms with Crippen LogP contribution in [0.15, 0.2) is 42.6 Å². The molecule has 1 aromatic carbocycles. The summed E-state index contributed by atoms with van der Waals surface area (Å²) in [6, 6.07) is 11.8. The molecule has 0 unspecified atom stereocenters. The van der Waals surface area contributed by atoms with Gasteiger partial charge in [-0.15, -0.1) is 0 Å². The van der Waals surface area contributed by atoms with Crippen molar-refractivity contribution in [3.05, 3.63) is 42.6 Å². The minimum Gasteiger partial charge on any atom is -0.372 e. The molecule has 1 aromatic heterocycles. The number of aromatic nitrogens is 1. The van der Waals surface area contributed by atoms with Gasteiger partial charge in [-0.1, -0.05) is 0 Å². The first kappa shape index (κ1) is 18.6. The number of urea groups is 1. The Morgan fingerprint density at radius 3 is 2.20 bits per heavy atom.